The van der Waals surface area contributed by atoms with Gasteiger partial charge >= 0.3 is 0 Å². The summed E-state index contributed by atoms with van der Waals surface area (Å²) in [6, 6.07) is 12.6. The van der Waals surface area contributed by atoms with Gasteiger partial charge in [-0.2, -0.15) is 0 Å². The summed E-state index contributed by atoms with van der Waals surface area (Å²) >= 11 is 0. The molecule has 0 aliphatic heterocycles. The van der Waals surface area contributed by atoms with Crippen LogP contribution in [-0.2, 0) is 13.0 Å². The van der Waals surface area contributed by atoms with E-state index in [2.05, 4.69) is 42.2 Å². The van der Waals surface area contributed by atoms with Crippen LogP contribution in [0.5, 0.6) is 0 Å². The van der Waals surface area contributed by atoms with Crippen molar-refractivity contribution in [3.8, 4) is 11.1 Å². The van der Waals surface area contributed by atoms with Gasteiger partial charge in [0.25, 0.3) is 0 Å². The van der Waals surface area contributed by atoms with Crippen molar-refractivity contribution < 1.29 is 0 Å². The number of hydrogen-bond donors (Lipinski definition) is 1. The summed E-state index contributed by atoms with van der Waals surface area (Å²) in [4.78, 5) is 4.21. The molecule has 1 aromatic carbocycles. The van der Waals surface area contributed by atoms with Crippen LogP contribution in [0.25, 0.3) is 11.1 Å². The number of pyridine rings is 1. The number of rotatable bonds is 3. The Bertz CT molecular complexity index is 478. The molecule has 1 aromatic heterocycles. The Morgan fingerprint density at radius 3 is 2.75 bits per heavy atom. The first-order chi connectivity index (χ1) is 7.85. The number of nitrogens with zero attached hydrogens (tertiary/aromatic N) is 1. The second kappa shape index (κ2) is 4.90. The van der Waals surface area contributed by atoms with Crippen LogP contribution in [-0.4, -0.2) is 4.98 Å². The second-order valence-corrected chi connectivity index (χ2v) is 3.75. The van der Waals surface area contributed by atoms with Gasteiger partial charge in [0.15, 0.2) is 0 Å². The van der Waals surface area contributed by atoms with Gasteiger partial charge in [0, 0.05) is 12.7 Å². The van der Waals surface area contributed by atoms with E-state index in [1.54, 1.807) is 0 Å². The van der Waals surface area contributed by atoms with Crippen molar-refractivity contribution in [1.82, 2.24) is 4.98 Å². The van der Waals surface area contributed by atoms with Gasteiger partial charge in [0.2, 0.25) is 0 Å². The molecule has 0 atom stereocenters. The van der Waals surface area contributed by atoms with E-state index in [1.165, 1.54) is 16.7 Å². The highest BCUT2D eigenvalue weighted by molar-refractivity contribution is 5.67. The number of hydrogen-bond acceptors (Lipinski definition) is 2. The van der Waals surface area contributed by atoms with E-state index in [4.69, 9.17) is 5.73 Å². The average molecular weight is 212 g/mol. The first kappa shape index (κ1) is 10.8. The lowest BCUT2D eigenvalue weighted by Crippen LogP contribution is -1.99. The lowest BCUT2D eigenvalue weighted by atomic mass is 9.98. The number of benzene rings is 1. The van der Waals surface area contributed by atoms with Gasteiger partial charge in [-0.3, -0.25) is 4.98 Å². The zero-order valence-electron chi connectivity index (χ0n) is 9.48. The third-order valence-electron chi connectivity index (χ3n) is 2.73. The van der Waals surface area contributed by atoms with Crippen molar-refractivity contribution in [3.05, 3.63) is 53.9 Å². The summed E-state index contributed by atoms with van der Waals surface area (Å²) in [6.07, 6.45) is 2.86. The molecule has 0 unspecified atom stereocenters. The number of aryl methyl sites for hydroxylation is 1. The van der Waals surface area contributed by atoms with Crippen LogP contribution >= 0.6 is 0 Å². The molecule has 2 rings (SSSR count). The topological polar surface area (TPSA) is 38.9 Å². The van der Waals surface area contributed by atoms with Crippen LogP contribution in [0.3, 0.4) is 0 Å². The third-order valence-corrected chi connectivity index (χ3v) is 2.73. The fourth-order valence-electron chi connectivity index (χ4n) is 1.87. The lowest BCUT2D eigenvalue weighted by Gasteiger charge is -2.08. The molecular weight excluding hydrogens is 196 g/mol. The maximum Gasteiger partial charge on any atom is 0.0545 e. The summed E-state index contributed by atoms with van der Waals surface area (Å²) in [5, 5.41) is 0. The quantitative estimate of drug-likeness (QED) is 0.849. The van der Waals surface area contributed by atoms with Crippen LogP contribution < -0.4 is 5.73 Å². The van der Waals surface area contributed by atoms with Crippen LogP contribution in [0.4, 0.5) is 0 Å². The van der Waals surface area contributed by atoms with E-state index >= 15 is 0 Å². The first-order valence-corrected chi connectivity index (χ1v) is 5.58. The van der Waals surface area contributed by atoms with Gasteiger partial charge < -0.3 is 5.73 Å². The van der Waals surface area contributed by atoms with Crippen LogP contribution in [0.1, 0.15) is 18.2 Å². The Kier molecular flexibility index (Phi) is 3.32. The Balaban J connectivity index is 2.49. The molecule has 0 bridgehead atoms. The van der Waals surface area contributed by atoms with Crippen molar-refractivity contribution in [2.45, 2.75) is 19.9 Å². The Morgan fingerprint density at radius 1 is 1.19 bits per heavy atom. The van der Waals surface area contributed by atoms with E-state index < -0.39 is 0 Å². The molecule has 0 saturated heterocycles. The minimum Gasteiger partial charge on any atom is -0.325 e. The minimum atomic E-state index is 0.488. The summed E-state index contributed by atoms with van der Waals surface area (Å²) in [7, 11) is 0. The van der Waals surface area contributed by atoms with Gasteiger partial charge in [-0.05, 0) is 35.2 Å². The van der Waals surface area contributed by atoms with E-state index in [9.17, 15) is 0 Å². The van der Waals surface area contributed by atoms with Crippen molar-refractivity contribution in [1.29, 1.82) is 0 Å². The standard InChI is InChI=1S/C14H16N2/c1-2-11-5-3-4-6-14(11)12-7-8-16-13(9-12)10-15/h3-9H,2,10,15H2,1H3. The Morgan fingerprint density at radius 2 is 2.00 bits per heavy atom. The van der Waals surface area contributed by atoms with Crippen LogP contribution in [0, 0.1) is 0 Å². The zero-order chi connectivity index (χ0) is 11.4. The molecule has 0 radical (unpaired) electrons. The van der Waals surface area contributed by atoms with Crippen LogP contribution in [0.2, 0.25) is 0 Å². The van der Waals surface area contributed by atoms with E-state index in [1.807, 2.05) is 12.3 Å². The van der Waals surface area contributed by atoms with Crippen molar-refractivity contribution >= 4 is 0 Å². The minimum absolute atomic E-state index is 0.488. The first-order valence-electron chi connectivity index (χ1n) is 5.58. The van der Waals surface area contributed by atoms with Gasteiger partial charge in [-0.1, -0.05) is 31.2 Å². The highest BCUT2D eigenvalue weighted by Gasteiger charge is 2.03. The lowest BCUT2D eigenvalue weighted by molar-refractivity contribution is 0.991. The smallest absolute Gasteiger partial charge is 0.0545 e. The molecule has 82 valence electrons. The maximum atomic E-state index is 5.60. The fraction of sp³-hybridized carbons (Fsp3) is 0.214. The molecule has 2 nitrogen and oxygen atoms in total. The van der Waals surface area contributed by atoms with E-state index in [0.717, 1.165) is 12.1 Å². The van der Waals surface area contributed by atoms with Crippen molar-refractivity contribution in [3.63, 3.8) is 0 Å². The fourth-order valence-corrected chi connectivity index (χ4v) is 1.87. The molecule has 0 aliphatic carbocycles. The summed E-state index contributed by atoms with van der Waals surface area (Å²) in [6.45, 7) is 2.66. The number of nitrogens with two attached hydrogens (primary N) is 1. The second-order valence-electron chi connectivity index (χ2n) is 3.75. The normalized spacial score (nSPS) is 10.4. The van der Waals surface area contributed by atoms with E-state index in [0.29, 0.717) is 6.54 Å². The van der Waals surface area contributed by atoms with Gasteiger partial charge in [0.1, 0.15) is 0 Å². The van der Waals surface area contributed by atoms with E-state index in [-0.39, 0.29) is 0 Å². The maximum absolute atomic E-state index is 5.60. The molecule has 0 fully saturated rings. The Hall–Kier alpha value is -1.67. The Labute approximate surface area is 96.1 Å². The third kappa shape index (κ3) is 2.12. The summed E-state index contributed by atoms with van der Waals surface area (Å²) < 4.78 is 0. The van der Waals surface area contributed by atoms with Gasteiger partial charge in [0.05, 0.1) is 5.69 Å². The molecule has 2 heteroatoms. The summed E-state index contributed by atoms with van der Waals surface area (Å²) in [5.41, 5.74) is 10.4. The average Bonchev–Trinajstić information content (AvgIpc) is 2.38. The molecule has 0 amide bonds. The van der Waals surface area contributed by atoms with Crippen LogP contribution in [0.15, 0.2) is 42.6 Å². The molecule has 0 saturated carbocycles. The molecule has 2 N–H and O–H groups in total. The molecule has 2 aromatic rings. The van der Waals surface area contributed by atoms with Crippen molar-refractivity contribution in [2.24, 2.45) is 5.73 Å². The molecule has 0 spiro atoms. The highest BCUT2D eigenvalue weighted by Crippen LogP contribution is 2.24. The summed E-state index contributed by atoms with van der Waals surface area (Å²) in [5.74, 6) is 0. The zero-order valence-corrected chi connectivity index (χ0v) is 9.48. The molecule has 1 heterocycles. The number of aromatic nitrogens is 1. The predicted octanol–water partition coefficient (Wildman–Crippen LogP) is 2.77. The largest absolute Gasteiger partial charge is 0.325 e. The van der Waals surface area contributed by atoms with Crippen molar-refractivity contribution in [2.75, 3.05) is 0 Å². The molecule has 0 aliphatic rings. The molecule has 16 heavy (non-hydrogen) atoms. The molecular formula is C14H16N2. The monoisotopic (exact) mass is 212 g/mol. The SMILES string of the molecule is CCc1ccccc1-c1ccnc(CN)c1. The highest BCUT2D eigenvalue weighted by atomic mass is 14.7. The predicted molar refractivity (Wildman–Crippen MR) is 66.9 cm³/mol. The van der Waals surface area contributed by atoms with Gasteiger partial charge in [-0.25, -0.2) is 0 Å². The van der Waals surface area contributed by atoms with Gasteiger partial charge in [-0.15, -0.1) is 0 Å².